The van der Waals surface area contributed by atoms with Gasteiger partial charge < -0.3 is 21.3 Å². The quantitative estimate of drug-likeness (QED) is 0.516. The fourth-order valence-electron chi connectivity index (χ4n) is 4.13. The van der Waals surface area contributed by atoms with Gasteiger partial charge in [-0.05, 0) is 25.7 Å². The van der Waals surface area contributed by atoms with E-state index in [1.165, 1.54) is 0 Å². The lowest BCUT2D eigenvalue weighted by Crippen LogP contribution is -2.64. The van der Waals surface area contributed by atoms with Crippen LogP contribution in [0.25, 0.3) is 0 Å². The Bertz CT molecular complexity index is 634. The molecule has 0 aromatic heterocycles. The number of carbonyl (C=O) groups is 4. The van der Waals surface area contributed by atoms with E-state index >= 15 is 0 Å². The lowest BCUT2D eigenvalue weighted by Gasteiger charge is -2.36. The monoisotopic (exact) mass is 438 g/mol. The van der Waals surface area contributed by atoms with Crippen LogP contribution in [0.3, 0.4) is 0 Å². The maximum atomic E-state index is 14.7. The average Bonchev–Trinajstić information content (AvgIpc) is 3.36. The maximum Gasteiger partial charge on any atom is 0.395 e. The number of halogens is 4. The Labute approximate surface area is 170 Å². The molecule has 0 unspecified atom stereocenters. The summed E-state index contributed by atoms with van der Waals surface area (Å²) in [6, 6.07) is -1.70. The molecule has 170 valence electrons. The highest BCUT2D eigenvalue weighted by Crippen LogP contribution is 2.40. The zero-order chi connectivity index (χ0) is 22.7. The fourth-order valence-corrected chi connectivity index (χ4v) is 4.13. The fraction of sp³-hybridized carbons (Fsp3) is 0.778. The smallest absolute Gasteiger partial charge is 0.368 e. The topological polar surface area (TPSA) is 127 Å². The van der Waals surface area contributed by atoms with Crippen molar-refractivity contribution < 1.29 is 36.7 Å². The molecule has 4 amide bonds. The molecule has 0 heterocycles. The van der Waals surface area contributed by atoms with E-state index in [0.29, 0.717) is 35.5 Å². The highest BCUT2D eigenvalue weighted by Gasteiger charge is 2.69. The van der Waals surface area contributed by atoms with Crippen molar-refractivity contribution in [2.24, 2.45) is 11.5 Å². The number of hydrogen-bond donors (Lipinski definition) is 2. The van der Waals surface area contributed by atoms with Gasteiger partial charge in [0.2, 0.25) is 11.8 Å². The Morgan fingerprint density at radius 1 is 0.667 bits per heavy atom. The standard InChI is InChI=1S/C18H26F4N4O4/c19-17(20,15(29)25(9-13(23)27)11-5-1-2-6-11)18(21,22)16(30)26(10-14(24)28)12-7-3-4-8-12/h11-12H,1-10H2,(H2,23,27)(H2,24,28). The summed E-state index contributed by atoms with van der Waals surface area (Å²) in [7, 11) is 0. The predicted octanol–water partition coefficient (Wildman–Crippen LogP) is 0.770. The Morgan fingerprint density at radius 2 is 0.933 bits per heavy atom. The molecule has 0 saturated heterocycles. The van der Waals surface area contributed by atoms with Crippen LogP contribution in [0.2, 0.25) is 0 Å². The number of alkyl halides is 4. The molecule has 0 aromatic rings. The summed E-state index contributed by atoms with van der Waals surface area (Å²) < 4.78 is 58.9. The molecule has 2 fully saturated rings. The van der Waals surface area contributed by atoms with Crippen molar-refractivity contribution in [2.75, 3.05) is 13.1 Å². The molecular weight excluding hydrogens is 412 g/mol. The molecule has 2 rings (SSSR count). The van der Waals surface area contributed by atoms with Crippen LogP contribution in [0.1, 0.15) is 51.4 Å². The van der Waals surface area contributed by atoms with Crippen LogP contribution in [-0.4, -0.2) is 70.4 Å². The van der Waals surface area contributed by atoms with E-state index in [-0.39, 0.29) is 25.7 Å². The molecule has 30 heavy (non-hydrogen) atoms. The third-order valence-electron chi connectivity index (χ3n) is 5.64. The summed E-state index contributed by atoms with van der Waals surface area (Å²) in [5.74, 6) is -17.8. The number of hydrogen-bond acceptors (Lipinski definition) is 4. The number of primary amides is 2. The van der Waals surface area contributed by atoms with Crippen molar-refractivity contribution in [3.63, 3.8) is 0 Å². The lowest BCUT2D eigenvalue weighted by atomic mass is 10.0. The van der Waals surface area contributed by atoms with E-state index < -0.39 is 60.6 Å². The van der Waals surface area contributed by atoms with Gasteiger partial charge in [-0.3, -0.25) is 19.2 Å². The number of nitrogens with zero attached hydrogens (tertiary/aromatic N) is 2. The number of amides is 4. The van der Waals surface area contributed by atoms with Crippen molar-refractivity contribution in [1.29, 1.82) is 0 Å². The van der Waals surface area contributed by atoms with Gasteiger partial charge in [0, 0.05) is 12.1 Å². The van der Waals surface area contributed by atoms with Gasteiger partial charge in [0.15, 0.2) is 0 Å². The Hall–Kier alpha value is -2.40. The number of rotatable bonds is 9. The lowest BCUT2D eigenvalue weighted by molar-refractivity contribution is -0.225. The van der Waals surface area contributed by atoms with Crippen molar-refractivity contribution in [2.45, 2.75) is 75.3 Å². The molecule has 0 aliphatic heterocycles. The zero-order valence-corrected chi connectivity index (χ0v) is 16.4. The van der Waals surface area contributed by atoms with Gasteiger partial charge in [0.25, 0.3) is 0 Å². The first-order chi connectivity index (χ1) is 13.9. The van der Waals surface area contributed by atoms with Gasteiger partial charge in [0.1, 0.15) is 0 Å². The van der Waals surface area contributed by atoms with Crippen molar-refractivity contribution in [3.05, 3.63) is 0 Å². The van der Waals surface area contributed by atoms with Gasteiger partial charge >= 0.3 is 23.7 Å². The van der Waals surface area contributed by atoms with Crippen LogP contribution in [-0.2, 0) is 19.2 Å². The maximum absolute atomic E-state index is 14.7. The second-order valence-electron chi connectivity index (χ2n) is 7.82. The Kier molecular flexibility index (Phi) is 7.30. The largest absolute Gasteiger partial charge is 0.395 e. The van der Waals surface area contributed by atoms with Crippen LogP contribution in [0, 0.1) is 0 Å². The third kappa shape index (κ3) is 4.84. The second-order valence-corrected chi connectivity index (χ2v) is 7.82. The first-order valence-electron chi connectivity index (χ1n) is 9.84. The number of carbonyl (C=O) groups excluding carboxylic acids is 4. The van der Waals surface area contributed by atoms with E-state index in [4.69, 9.17) is 11.5 Å². The first-order valence-corrected chi connectivity index (χ1v) is 9.84. The van der Waals surface area contributed by atoms with Gasteiger partial charge in [0.05, 0.1) is 13.1 Å². The highest BCUT2D eigenvalue weighted by atomic mass is 19.3. The van der Waals surface area contributed by atoms with E-state index in [1.807, 2.05) is 0 Å². The Balaban J connectivity index is 2.32. The highest BCUT2D eigenvalue weighted by molar-refractivity contribution is 5.97. The van der Waals surface area contributed by atoms with E-state index in [1.54, 1.807) is 0 Å². The molecule has 2 aliphatic carbocycles. The molecule has 0 spiro atoms. The Morgan fingerprint density at radius 3 is 1.17 bits per heavy atom. The van der Waals surface area contributed by atoms with Crippen LogP contribution >= 0.6 is 0 Å². The SMILES string of the molecule is NC(=O)CN(C(=O)C(F)(F)C(F)(F)C(=O)N(CC(N)=O)C1CCCC1)C1CCCC1. The van der Waals surface area contributed by atoms with Crippen LogP contribution in [0.5, 0.6) is 0 Å². The van der Waals surface area contributed by atoms with Gasteiger partial charge in [-0.15, -0.1) is 0 Å². The molecule has 4 N–H and O–H groups in total. The molecule has 2 saturated carbocycles. The van der Waals surface area contributed by atoms with Crippen molar-refractivity contribution >= 4 is 23.6 Å². The first kappa shape index (κ1) is 23.9. The summed E-state index contributed by atoms with van der Waals surface area (Å²) in [5.41, 5.74) is 10.0. The average molecular weight is 438 g/mol. The molecule has 0 bridgehead atoms. The zero-order valence-electron chi connectivity index (χ0n) is 16.4. The van der Waals surface area contributed by atoms with E-state index in [0.717, 1.165) is 0 Å². The molecular formula is C18H26F4N4O4. The van der Waals surface area contributed by atoms with Gasteiger partial charge in [-0.1, -0.05) is 25.7 Å². The van der Waals surface area contributed by atoms with Gasteiger partial charge in [-0.25, -0.2) is 0 Å². The normalized spacial score (nSPS) is 18.4. The van der Waals surface area contributed by atoms with Crippen molar-refractivity contribution in [1.82, 2.24) is 9.80 Å². The van der Waals surface area contributed by atoms with Gasteiger partial charge in [-0.2, -0.15) is 17.6 Å². The number of nitrogens with two attached hydrogens (primary N) is 2. The van der Waals surface area contributed by atoms with Crippen molar-refractivity contribution in [3.8, 4) is 0 Å². The van der Waals surface area contributed by atoms with Crippen LogP contribution < -0.4 is 11.5 Å². The summed E-state index contributed by atoms with van der Waals surface area (Å²) in [6.45, 7) is -1.92. The molecule has 0 aromatic carbocycles. The molecule has 2 aliphatic rings. The summed E-state index contributed by atoms with van der Waals surface area (Å²) >= 11 is 0. The molecule has 8 nitrogen and oxygen atoms in total. The predicted molar refractivity (Wildman–Crippen MR) is 96.2 cm³/mol. The molecule has 0 radical (unpaired) electrons. The minimum Gasteiger partial charge on any atom is -0.368 e. The third-order valence-corrected chi connectivity index (χ3v) is 5.64. The summed E-state index contributed by atoms with van der Waals surface area (Å²) in [6.07, 6.45) is 3.30. The second kappa shape index (κ2) is 9.17. The molecule has 12 heteroatoms. The van der Waals surface area contributed by atoms with E-state index in [9.17, 15) is 36.7 Å². The minimum absolute atomic E-state index is 0.254. The molecule has 0 atom stereocenters. The van der Waals surface area contributed by atoms with E-state index in [2.05, 4.69) is 0 Å². The summed E-state index contributed by atoms with van der Waals surface area (Å²) in [5, 5.41) is 0. The minimum atomic E-state index is -5.43. The van der Waals surface area contributed by atoms with Crippen LogP contribution in [0.4, 0.5) is 17.6 Å². The van der Waals surface area contributed by atoms with Crippen LogP contribution in [0.15, 0.2) is 0 Å². The summed E-state index contributed by atoms with van der Waals surface area (Å²) in [4.78, 5) is 48.0.